The lowest BCUT2D eigenvalue weighted by atomic mass is 9.84. The molecule has 0 N–H and O–H groups in total. The third-order valence-electron chi connectivity index (χ3n) is 7.35. The number of rotatable bonds is 3. The second kappa shape index (κ2) is 8.85. The number of imidazole rings is 1. The van der Waals surface area contributed by atoms with E-state index in [1.165, 1.54) is 32.2 Å². The molecule has 0 aliphatic carbocycles. The summed E-state index contributed by atoms with van der Waals surface area (Å²) in [6, 6.07) is 30.2. The van der Waals surface area contributed by atoms with Crippen LogP contribution in [0.5, 0.6) is 0 Å². The van der Waals surface area contributed by atoms with Crippen molar-refractivity contribution in [3.8, 4) is 28.2 Å². The van der Waals surface area contributed by atoms with Crippen molar-refractivity contribution in [2.45, 2.75) is 33.1 Å². The van der Waals surface area contributed by atoms with Crippen molar-refractivity contribution < 1.29 is 0 Å². The van der Waals surface area contributed by atoms with Gasteiger partial charge in [0.1, 0.15) is 10.7 Å². The molecule has 0 radical (unpaired) electrons. The maximum Gasteiger partial charge on any atom is 0.147 e. The van der Waals surface area contributed by atoms with E-state index in [0.717, 1.165) is 38.6 Å². The predicted octanol–water partition coefficient (Wildman–Crippen LogP) is 9.12. The largest absolute Gasteiger partial charge is 0.290 e. The normalized spacial score (nSPS) is 12.1. The van der Waals surface area contributed by atoms with Crippen LogP contribution in [0.15, 0.2) is 97.3 Å². The molecule has 0 aliphatic heterocycles. The molecule has 4 aromatic heterocycles. The van der Waals surface area contributed by atoms with Crippen LogP contribution < -0.4 is 0 Å². The van der Waals surface area contributed by atoms with Crippen LogP contribution in [0.4, 0.5) is 0 Å². The van der Waals surface area contributed by atoms with E-state index in [2.05, 4.69) is 109 Å². The summed E-state index contributed by atoms with van der Waals surface area (Å²) in [5.41, 5.74) is 8.77. The fraction of sp³-hybridized carbons (Fsp3) is 0.147. The lowest BCUT2D eigenvalue weighted by Crippen LogP contribution is -2.16. The summed E-state index contributed by atoms with van der Waals surface area (Å²) in [5.74, 6) is 0.921. The van der Waals surface area contributed by atoms with Crippen LogP contribution in [-0.2, 0) is 5.41 Å². The summed E-state index contributed by atoms with van der Waals surface area (Å²) in [4.78, 5) is 15.6. The fourth-order valence-corrected chi connectivity index (χ4v) is 6.67. The smallest absolute Gasteiger partial charge is 0.147 e. The summed E-state index contributed by atoms with van der Waals surface area (Å²) in [7, 11) is 0. The molecular formula is C34H28N4S. The van der Waals surface area contributed by atoms with E-state index in [4.69, 9.17) is 9.97 Å². The minimum atomic E-state index is -0.0960. The molecule has 0 saturated heterocycles. The standard InChI is InChI=1S/C34H28N4S/c1-21-13-15-25-24-11-8-12-26(31(24)39-33(25)36-21)32-37-28-17-18-35-20-30(28)38(32)29-16-14-23(19-27(29)34(2,3)4)22-9-6-5-7-10-22/h5-20H,1-4H3. The Balaban J connectivity index is 1.54. The molecule has 0 unspecified atom stereocenters. The van der Waals surface area contributed by atoms with Gasteiger partial charge in [0, 0.05) is 32.9 Å². The van der Waals surface area contributed by atoms with Crippen LogP contribution in [0.25, 0.3) is 59.5 Å². The average molecular weight is 525 g/mol. The number of nitrogens with zero attached hydrogens (tertiary/aromatic N) is 4. The molecule has 0 saturated carbocycles. The lowest BCUT2D eigenvalue weighted by molar-refractivity contribution is 0.587. The molecule has 0 amide bonds. The maximum absolute atomic E-state index is 5.21. The van der Waals surface area contributed by atoms with E-state index in [-0.39, 0.29) is 5.41 Å². The molecule has 0 aliphatic rings. The lowest BCUT2D eigenvalue weighted by Gasteiger charge is -2.25. The van der Waals surface area contributed by atoms with Crippen LogP contribution in [0.3, 0.4) is 0 Å². The Morgan fingerprint density at radius 2 is 1.62 bits per heavy atom. The first-order chi connectivity index (χ1) is 18.9. The molecule has 4 nitrogen and oxygen atoms in total. The van der Waals surface area contributed by atoms with Crippen molar-refractivity contribution in [1.82, 2.24) is 19.5 Å². The molecular weight excluding hydrogens is 496 g/mol. The monoisotopic (exact) mass is 524 g/mol. The van der Waals surface area contributed by atoms with E-state index in [0.29, 0.717) is 0 Å². The first-order valence-corrected chi connectivity index (χ1v) is 14.0. The summed E-state index contributed by atoms with van der Waals surface area (Å²) >= 11 is 1.74. The first kappa shape index (κ1) is 23.7. The Hall–Kier alpha value is -4.35. The Labute approximate surface area is 231 Å². The van der Waals surface area contributed by atoms with Gasteiger partial charge in [0.25, 0.3) is 0 Å². The van der Waals surface area contributed by atoms with Crippen LogP contribution >= 0.6 is 11.3 Å². The van der Waals surface area contributed by atoms with E-state index in [1.54, 1.807) is 11.3 Å². The summed E-state index contributed by atoms with van der Waals surface area (Å²) in [6.45, 7) is 8.87. The Kier molecular flexibility index (Phi) is 5.39. The van der Waals surface area contributed by atoms with Crippen LogP contribution in [0.2, 0.25) is 0 Å². The number of fused-ring (bicyclic) bond motifs is 4. The van der Waals surface area contributed by atoms with Gasteiger partial charge in [-0.3, -0.25) is 9.55 Å². The topological polar surface area (TPSA) is 43.6 Å². The zero-order valence-electron chi connectivity index (χ0n) is 22.4. The van der Waals surface area contributed by atoms with Gasteiger partial charge in [-0.05, 0) is 65.4 Å². The van der Waals surface area contributed by atoms with Crippen LogP contribution in [0.1, 0.15) is 32.0 Å². The van der Waals surface area contributed by atoms with Gasteiger partial charge in [-0.15, -0.1) is 11.3 Å². The zero-order valence-corrected chi connectivity index (χ0v) is 23.3. The van der Waals surface area contributed by atoms with Crippen molar-refractivity contribution >= 4 is 42.7 Å². The third kappa shape index (κ3) is 3.93. The van der Waals surface area contributed by atoms with Crippen molar-refractivity contribution in [2.24, 2.45) is 0 Å². The highest BCUT2D eigenvalue weighted by molar-refractivity contribution is 7.26. The molecule has 5 heteroatoms. The first-order valence-electron chi connectivity index (χ1n) is 13.2. The van der Waals surface area contributed by atoms with Gasteiger partial charge in [-0.25, -0.2) is 9.97 Å². The molecule has 0 spiro atoms. The molecule has 190 valence electrons. The van der Waals surface area contributed by atoms with Crippen molar-refractivity contribution in [2.75, 3.05) is 0 Å². The Morgan fingerprint density at radius 1 is 0.769 bits per heavy atom. The molecule has 0 fully saturated rings. The Morgan fingerprint density at radius 3 is 2.44 bits per heavy atom. The number of benzene rings is 3. The second-order valence-corrected chi connectivity index (χ2v) is 12.1. The Bertz CT molecular complexity index is 2010. The van der Waals surface area contributed by atoms with Gasteiger partial charge in [0.2, 0.25) is 0 Å². The van der Waals surface area contributed by atoms with Gasteiger partial charge in [0.05, 0.1) is 22.9 Å². The molecule has 7 rings (SSSR count). The van der Waals surface area contributed by atoms with E-state index in [9.17, 15) is 0 Å². The second-order valence-electron chi connectivity index (χ2n) is 11.1. The summed E-state index contributed by atoms with van der Waals surface area (Å²) in [5, 5.41) is 2.40. The minimum absolute atomic E-state index is 0.0960. The van der Waals surface area contributed by atoms with E-state index in [1.807, 2.05) is 25.4 Å². The molecule has 0 atom stereocenters. The minimum Gasteiger partial charge on any atom is -0.290 e. The van der Waals surface area contributed by atoms with E-state index >= 15 is 0 Å². The fourth-order valence-electron chi connectivity index (χ4n) is 5.44. The van der Waals surface area contributed by atoms with Gasteiger partial charge in [-0.2, -0.15) is 0 Å². The van der Waals surface area contributed by atoms with E-state index < -0.39 is 0 Å². The van der Waals surface area contributed by atoms with Gasteiger partial charge < -0.3 is 0 Å². The van der Waals surface area contributed by atoms with Crippen molar-refractivity contribution in [1.29, 1.82) is 0 Å². The number of pyridine rings is 2. The number of thiophene rings is 1. The van der Waals surface area contributed by atoms with Gasteiger partial charge in [-0.1, -0.05) is 69.3 Å². The van der Waals surface area contributed by atoms with Crippen molar-refractivity contribution in [3.63, 3.8) is 0 Å². The molecule has 0 bridgehead atoms. The van der Waals surface area contributed by atoms with Gasteiger partial charge >= 0.3 is 0 Å². The quantitative estimate of drug-likeness (QED) is 0.231. The number of hydrogen-bond donors (Lipinski definition) is 0. The predicted molar refractivity (Wildman–Crippen MR) is 164 cm³/mol. The highest BCUT2D eigenvalue weighted by Gasteiger charge is 2.25. The number of aryl methyl sites for hydroxylation is 1. The maximum atomic E-state index is 5.21. The third-order valence-corrected chi connectivity index (χ3v) is 8.50. The molecule has 39 heavy (non-hydrogen) atoms. The number of hydrogen-bond acceptors (Lipinski definition) is 4. The average Bonchev–Trinajstić information content (AvgIpc) is 3.50. The van der Waals surface area contributed by atoms with Gasteiger partial charge in [0.15, 0.2) is 0 Å². The highest BCUT2D eigenvalue weighted by Crippen LogP contribution is 2.42. The van der Waals surface area contributed by atoms with Crippen LogP contribution in [0, 0.1) is 6.92 Å². The summed E-state index contributed by atoms with van der Waals surface area (Å²) < 4.78 is 3.50. The number of aromatic nitrogens is 4. The molecule has 4 heterocycles. The van der Waals surface area contributed by atoms with Crippen molar-refractivity contribution in [3.05, 3.63) is 109 Å². The molecule has 7 aromatic rings. The highest BCUT2D eigenvalue weighted by atomic mass is 32.1. The van der Waals surface area contributed by atoms with Crippen LogP contribution in [-0.4, -0.2) is 19.5 Å². The SMILES string of the molecule is Cc1ccc2c(n1)sc1c(-c3nc4ccncc4n3-c3ccc(-c4ccccc4)cc3C(C)(C)C)cccc12. The zero-order chi connectivity index (χ0) is 26.7. The molecule has 3 aromatic carbocycles. The summed E-state index contributed by atoms with van der Waals surface area (Å²) in [6.07, 6.45) is 3.75.